The molecule has 6 nitrogen and oxygen atoms in total. The van der Waals surface area contributed by atoms with E-state index in [1.165, 1.54) is 4.90 Å². The molecule has 1 heterocycles. The molecular weight excluding hydrogens is 309 g/mol. The molecule has 0 spiro atoms. The van der Waals surface area contributed by atoms with Crippen LogP contribution in [0.4, 0.5) is 0 Å². The van der Waals surface area contributed by atoms with E-state index in [2.05, 4.69) is 11.8 Å². The van der Waals surface area contributed by atoms with E-state index in [4.69, 9.17) is 14.0 Å². The number of hydrogen-bond donors (Lipinski definition) is 0. The van der Waals surface area contributed by atoms with Gasteiger partial charge in [0.15, 0.2) is 0 Å². The zero-order valence-corrected chi connectivity index (χ0v) is 13.7. The molecule has 7 heteroatoms. The van der Waals surface area contributed by atoms with Gasteiger partial charge in [0, 0.05) is 6.42 Å². The summed E-state index contributed by atoms with van der Waals surface area (Å²) in [7, 11) is 0.717. The van der Waals surface area contributed by atoms with Crippen LogP contribution in [-0.4, -0.2) is 50.7 Å². The highest BCUT2D eigenvalue weighted by Crippen LogP contribution is 2.04. The van der Waals surface area contributed by atoms with Gasteiger partial charge in [0.25, 0.3) is 0 Å². The molecule has 0 aliphatic carbocycles. The van der Waals surface area contributed by atoms with Gasteiger partial charge in [-0.3, -0.25) is 14.5 Å². The highest BCUT2D eigenvalue weighted by molar-refractivity contribution is 6.50. The lowest BCUT2D eigenvalue weighted by atomic mass is 9.84. The molecule has 0 unspecified atom stereocenters. The van der Waals surface area contributed by atoms with Crippen LogP contribution in [0.15, 0.2) is 30.3 Å². The monoisotopic (exact) mass is 329 g/mol. The third-order valence-electron chi connectivity index (χ3n) is 3.20. The maximum absolute atomic E-state index is 11.5. The van der Waals surface area contributed by atoms with E-state index < -0.39 is 19.1 Å². The number of ether oxygens (including phenoxy) is 1. The van der Waals surface area contributed by atoms with E-state index in [0.717, 1.165) is 5.56 Å². The Morgan fingerprint density at radius 1 is 1.12 bits per heavy atom. The van der Waals surface area contributed by atoms with Crippen molar-refractivity contribution < 1.29 is 23.6 Å². The lowest BCUT2D eigenvalue weighted by Gasteiger charge is -2.21. The van der Waals surface area contributed by atoms with Gasteiger partial charge in [-0.25, -0.2) is 0 Å². The van der Waals surface area contributed by atoms with Gasteiger partial charge in [-0.05, 0) is 12.6 Å². The van der Waals surface area contributed by atoms with Gasteiger partial charge in [0.2, 0.25) is 0 Å². The largest absolute Gasteiger partial charge is 0.611 e. The highest BCUT2D eigenvalue weighted by atomic mass is 16.6. The summed E-state index contributed by atoms with van der Waals surface area (Å²) in [4.78, 5) is 24.6. The minimum absolute atomic E-state index is 0.0619. The van der Waals surface area contributed by atoms with Crippen molar-refractivity contribution in [3.05, 3.63) is 35.9 Å². The Hall–Kier alpha value is -2.30. The fourth-order valence-corrected chi connectivity index (χ4v) is 2.10. The molecule has 1 saturated heterocycles. The zero-order valence-electron chi connectivity index (χ0n) is 13.7. The summed E-state index contributed by atoms with van der Waals surface area (Å²) in [5.74, 6) is 4.93. The molecule has 0 saturated carbocycles. The van der Waals surface area contributed by atoms with Crippen LogP contribution in [0, 0.1) is 11.8 Å². The number of nitrogens with zero attached hydrogens (tertiary/aromatic N) is 1. The molecule has 126 valence electrons. The van der Waals surface area contributed by atoms with E-state index >= 15 is 0 Å². The van der Waals surface area contributed by atoms with Crippen LogP contribution in [0.3, 0.4) is 0 Å². The maximum Gasteiger partial charge on any atom is 0.611 e. The average Bonchev–Trinajstić information content (AvgIpc) is 2.53. The summed E-state index contributed by atoms with van der Waals surface area (Å²) < 4.78 is 15.6. The summed E-state index contributed by atoms with van der Waals surface area (Å²) in [5, 5.41) is 0. The molecule has 0 aromatic heterocycles. The van der Waals surface area contributed by atoms with Gasteiger partial charge >= 0.3 is 19.1 Å². The Morgan fingerprint density at radius 2 is 1.79 bits per heavy atom. The smallest absolute Gasteiger partial charge is 0.498 e. The third-order valence-corrected chi connectivity index (χ3v) is 3.20. The van der Waals surface area contributed by atoms with Crippen molar-refractivity contribution in [1.82, 2.24) is 4.90 Å². The summed E-state index contributed by atoms with van der Waals surface area (Å²) in [6, 6.07) is 9.89. The molecule has 24 heavy (non-hydrogen) atoms. The van der Waals surface area contributed by atoms with Crippen molar-refractivity contribution in [3.8, 4) is 11.8 Å². The molecule has 0 atom stereocenters. The summed E-state index contributed by atoms with van der Waals surface area (Å²) >= 11 is 0. The molecule has 1 fully saturated rings. The lowest BCUT2D eigenvalue weighted by Crippen LogP contribution is -2.42. The molecule has 0 N–H and O–H groups in total. The van der Waals surface area contributed by atoms with Gasteiger partial charge in [-0.1, -0.05) is 30.3 Å². The van der Waals surface area contributed by atoms with Gasteiger partial charge < -0.3 is 14.0 Å². The minimum atomic E-state index is -0.934. The third kappa shape index (κ3) is 6.86. The number of likely N-dealkylation sites (N-methyl/N-ethyl adjacent to an activating group) is 1. The zero-order chi connectivity index (χ0) is 17.2. The van der Waals surface area contributed by atoms with Crippen LogP contribution in [-0.2, 0) is 30.2 Å². The van der Waals surface area contributed by atoms with Crippen molar-refractivity contribution in [1.29, 1.82) is 0 Å². The predicted octanol–water partition coefficient (Wildman–Crippen LogP) is 1.12. The van der Waals surface area contributed by atoms with Crippen LogP contribution >= 0.6 is 0 Å². The maximum atomic E-state index is 11.5. The molecule has 1 aromatic carbocycles. The average molecular weight is 329 g/mol. The van der Waals surface area contributed by atoms with Gasteiger partial charge in [0.05, 0.1) is 32.6 Å². The lowest BCUT2D eigenvalue weighted by molar-refractivity contribution is -0.145. The van der Waals surface area contributed by atoms with Crippen molar-refractivity contribution in [2.24, 2.45) is 0 Å². The summed E-state index contributed by atoms with van der Waals surface area (Å²) in [6.07, 6.45) is 0.726. The van der Waals surface area contributed by atoms with Crippen molar-refractivity contribution in [2.75, 3.05) is 26.7 Å². The Kier molecular flexibility index (Phi) is 7.34. The van der Waals surface area contributed by atoms with Crippen LogP contribution < -0.4 is 0 Å². The summed E-state index contributed by atoms with van der Waals surface area (Å²) in [5.41, 5.74) is 1.11. The van der Waals surface area contributed by atoms with Crippen LogP contribution in [0.2, 0.25) is 6.32 Å². The van der Waals surface area contributed by atoms with E-state index in [1.807, 2.05) is 30.3 Å². The van der Waals surface area contributed by atoms with Crippen molar-refractivity contribution >= 4 is 19.1 Å². The minimum Gasteiger partial charge on any atom is -0.498 e. The van der Waals surface area contributed by atoms with Gasteiger partial charge in [-0.2, -0.15) is 0 Å². The second kappa shape index (κ2) is 9.76. The predicted molar refractivity (Wildman–Crippen MR) is 88.7 cm³/mol. The molecule has 0 bridgehead atoms. The van der Waals surface area contributed by atoms with E-state index in [0.29, 0.717) is 19.6 Å². The molecule has 0 amide bonds. The molecule has 0 radical (unpaired) electrons. The number of benzene rings is 1. The first-order chi connectivity index (χ1) is 11.6. The van der Waals surface area contributed by atoms with Crippen LogP contribution in [0.25, 0.3) is 0 Å². The van der Waals surface area contributed by atoms with Crippen LogP contribution in [0.5, 0.6) is 0 Å². The summed E-state index contributed by atoms with van der Waals surface area (Å²) in [6.45, 7) is 1.18. The van der Waals surface area contributed by atoms with Crippen molar-refractivity contribution in [2.45, 2.75) is 19.3 Å². The SMILES string of the molecule is CN1CC(=O)OB(CC#CCCOCc2ccccc2)OC(=O)C1. The fraction of sp³-hybridized carbons (Fsp3) is 0.412. The first kappa shape index (κ1) is 18.0. The molecule has 1 aliphatic heterocycles. The topological polar surface area (TPSA) is 65.1 Å². The van der Waals surface area contributed by atoms with Crippen molar-refractivity contribution in [3.63, 3.8) is 0 Å². The second-order valence-corrected chi connectivity index (χ2v) is 5.43. The normalized spacial score (nSPS) is 15.6. The van der Waals surface area contributed by atoms with E-state index in [9.17, 15) is 9.59 Å². The first-order valence-electron chi connectivity index (χ1n) is 7.78. The Balaban J connectivity index is 1.66. The number of rotatable bonds is 5. The molecular formula is C17H20BNO5. The second-order valence-electron chi connectivity index (χ2n) is 5.43. The Morgan fingerprint density at radius 3 is 2.46 bits per heavy atom. The Labute approximate surface area is 142 Å². The van der Waals surface area contributed by atoms with Gasteiger partial charge in [0.1, 0.15) is 0 Å². The highest BCUT2D eigenvalue weighted by Gasteiger charge is 2.30. The Bertz CT molecular complexity index is 590. The quantitative estimate of drug-likeness (QED) is 0.458. The van der Waals surface area contributed by atoms with Crippen LogP contribution in [0.1, 0.15) is 12.0 Å². The molecule has 2 rings (SSSR count). The number of hydrogen-bond acceptors (Lipinski definition) is 6. The first-order valence-corrected chi connectivity index (χ1v) is 7.78. The molecule has 1 aliphatic rings. The van der Waals surface area contributed by atoms with E-state index in [1.54, 1.807) is 7.05 Å². The van der Waals surface area contributed by atoms with E-state index in [-0.39, 0.29) is 19.4 Å². The number of carbonyl (C=O) groups is 2. The molecule has 1 aromatic rings. The standard InChI is InChI=1S/C17H20BNO5/c1-19-12-16(20)23-18(24-17(21)13-19)10-6-3-7-11-22-14-15-8-4-2-5-9-15/h2,4-5,8-9H,7,10-14H2,1H3. The number of carbonyl (C=O) groups excluding carboxylic acids is 2. The van der Waals surface area contributed by atoms with Gasteiger partial charge in [-0.15, -0.1) is 11.8 Å². The fourth-order valence-electron chi connectivity index (χ4n) is 2.10.